The summed E-state index contributed by atoms with van der Waals surface area (Å²) in [5.74, 6) is 0.0474. The molecule has 3 rings (SSSR count). The standard InChI is InChI=1S/C21H25N3O4S2/c1-28-19-9-5-4-8-18(19)20(25)23-21(29)22-16-10-12-17(13-11-16)30(26,27)24-14-6-2-3-7-15-24/h4-5,8-13H,2-3,6-7,14-15H2,1H3,(H2,22,23,25,29). The Balaban J connectivity index is 1.63. The number of hydrogen-bond donors (Lipinski definition) is 2. The number of benzene rings is 2. The molecule has 0 bridgehead atoms. The normalized spacial score (nSPS) is 15.1. The number of amides is 1. The summed E-state index contributed by atoms with van der Waals surface area (Å²) in [7, 11) is -2.01. The van der Waals surface area contributed by atoms with Crippen LogP contribution in [0.2, 0.25) is 0 Å². The minimum atomic E-state index is -3.50. The first-order valence-corrected chi connectivity index (χ1v) is 11.6. The Hall–Kier alpha value is -2.49. The Morgan fingerprint density at radius 2 is 1.63 bits per heavy atom. The maximum atomic E-state index is 12.8. The van der Waals surface area contributed by atoms with E-state index in [1.807, 2.05) is 0 Å². The van der Waals surface area contributed by atoms with Gasteiger partial charge in [-0.15, -0.1) is 0 Å². The van der Waals surface area contributed by atoms with Crippen LogP contribution in [-0.4, -0.2) is 43.9 Å². The van der Waals surface area contributed by atoms with Gasteiger partial charge in [0.1, 0.15) is 5.75 Å². The lowest BCUT2D eigenvalue weighted by Crippen LogP contribution is -2.34. The molecule has 9 heteroatoms. The molecule has 0 radical (unpaired) electrons. The van der Waals surface area contributed by atoms with Crippen molar-refractivity contribution in [1.29, 1.82) is 0 Å². The van der Waals surface area contributed by atoms with Crippen molar-refractivity contribution in [3.05, 3.63) is 54.1 Å². The summed E-state index contributed by atoms with van der Waals surface area (Å²) in [4.78, 5) is 12.7. The van der Waals surface area contributed by atoms with Crippen LogP contribution in [0, 0.1) is 0 Å². The predicted molar refractivity (Wildman–Crippen MR) is 120 cm³/mol. The molecule has 7 nitrogen and oxygen atoms in total. The van der Waals surface area contributed by atoms with Gasteiger partial charge in [-0.05, 0) is 61.5 Å². The number of anilines is 1. The van der Waals surface area contributed by atoms with Crippen LogP contribution in [0.3, 0.4) is 0 Å². The highest BCUT2D eigenvalue weighted by Gasteiger charge is 2.25. The van der Waals surface area contributed by atoms with Gasteiger partial charge < -0.3 is 10.1 Å². The summed E-state index contributed by atoms with van der Waals surface area (Å²) in [5.41, 5.74) is 0.943. The van der Waals surface area contributed by atoms with Crippen LogP contribution >= 0.6 is 12.2 Å². The van der Waals surface area contributed by atoms with Crippen LogP contribution in [0.4, 0.5) is 5.69 Å². The molecule has 1 heterocycles. The monoisotopic (exact) mass is 447 g/mol. The smallest absolute Gasteiger partial charge is 0.261 e. The first kappa shape index (κ1) is 22.2. The molecule has 0 unspecified atom stereocenters. The summed E-state index contributed by atoms with van der Waals surface area (Å²) >= 11 is 5.21. The van der Waals surface area contributed by atoms with Gasteiger partial charge >= 0.3 is 0 Å². The number of nitrogens with zero attached hydrogens (tertiary/aromatic N) is 1. The van der Waals surface area contributed by atoms with Crippen molar-refractivity contribution in [2.24, 2.45) is 0 Å². The molecule has 0 spiro atoms. The van der Waals surface area contributed by atoms with E-state index in [0.717, 1.165) is 25.7 Å². The third-order valence-corrected chi connectivity index (χ3v) is 7.01. The molecule has 1 aliphatic rings. The van der Waals surface area contributed by atoms with E-state index in [9.17, 15) is 13.2 Å². The highest BCUT2D eigenvalue weighted by molar-refractivity contribution is 7.89. The van der Waals surface area contributed by atoms with Crippen molar-refractivity contribution in [3.63, 3.8) is 0 Å². The molecule has 1 aliphatic heterocycles. The Morgan fingerprint density at radius 3 is 2.27 bits per heavy atom. The number of hydrogen-bond acceptors (Lipinski definition) is 5. The highest BCUT2D eigenvalue weighted by Crippen LogP contribution is 2.22. The Morgan fingerprint density at radius 1 is 1.00 bits per heavy atom. The average Bonchev–Trinajstić information content (AvgIpc) is 3.04. The molecule has 0 aliphatic carbocycles. The lowest BCUT2D eigenvalue weighted by atomic mass is 10.2. The fourth-order valence-corrected chi connectivity index (χ4v) is 5.03. The fraction of sp³-hybridized carbons (Fsp3) is 0.333. The quantitative estimate of drug-likeness (QED) is 0.683. The Kier molecular flexibility index (Phi) is 7.41. The second-order valence-corrected chi connectivity index (χ2v) is 9.30. The van der Waals surface area contributed by atoms with E-state index < -0.39 is 15.9 Å². The second-order valence-electron chi connectivity index (χ2n) is 6.95. The van der Waals surface area contributed by atoms with Gasteiger partial charge in [-0.25, -0.2) is 8.42 Å². The molecule has 0 atom stereocenters. The van der Waals surface area contributed by atoms with E-state index in [-0.39, 0.29) is 10.0 Å². The number of carbonyl (C=O) groups is 1. The molecule has 0 aromatic heterocycles. The number of para-hydroxylation sites is 1. The van der Waals surface area contributed by atoms with Crippen molar-refractivity contribution in [3.8, 4) is 5.75 Å². The topological polar surface area (TPSA) is 87.7 Å². The van der Waals surface area contributed by atoms with Crippen molar-refractivity contribution < 1.29 is 17.9 Å². The molecule has 2 aromatic rings. The number of ether oxygens (including phenoxy) is 1. The summed E-state index contributed by atoms with van der Waals surface area (Å²) < 4.78 is 32.4. The zero-order valence-corrected chi connectivity index (χ0v) is 18.4. The molecule has 160 valence electrons. The van der Waals surface area contributed by atoms with Gasteiger partial charge in [0.15, 0.2) is 5.11 Å². The van der Waals surface area contributed by atoms with Gasteiger partial charge in [0.25, 0.3) is 5.91 Å². The van der Waals surface area contributed by atoms with Gasteiger partial charge in [-0.1, -0.05) is 25.0 Å². The molecule has 0 saturated carbocycles. The predicted octanol–water partition coefficient (Wildman–Crippen LogP) is 3.39. The lowest BCUT2D eigenvalue weighted by molar-refractivity contribution is 0.0974. The Labute approximate surface area is 182 Å². The van der Waals surface area contributed by atoms with Gasteiger partial charge in [0.05, 0.1) is 17.6 Å². The zero-order chi connectivity index (χ0) is 21.6. The number of thiocarbonyl (C=S) groups is 1. The largest absolute Gasteiger partial charge is 0.496 e. The van der Waals surface area contributed by atoms with E-state index in [4.69, 9.17) is 17.0 Å². The lowest BCUT2D eigenvalue weighted by Gasteiger charge is -2.20. The van der Waals surface area contributed by atoms with E-state index in [0.29, 0.717) is 30.1 Å². The van der Waals surface area contributed by atoms with Gasteiger partial charge in [0, 0.05) is 18.8 Å². The first-order chi connectivity index (χ1) is 14.4. The number of carbonyl (C=O) groups excluding carboxylic acids is 1. The molecular formula is C21H25N3O4S2. The SMILES string of the molecule is COc1ccccc1C(=O)NC(=S)Nc1ccc(S(=O)(=O)N2CCCCCC2)cc1. The van der Waals surface area contributed by atoms with Crippen LogP contribution in [-0.2, 0) is 10.0 Å². The van der Waals surface area contributed by atoms with E-state index in [2.05, 4.69) is 10.6 Å². The van der Waals surface area contributed by atoms with Gasteiger partial charge in [0.2, 0.25) is 10.0 Å². The van der Waals surface area contributed by atoms with Crippen LogP contribution in [0.5, 0.6) is 5.75 Å². The first-order valence-electron chi connectivity index (χ1n) is 9.77. The highest BCUT2D eigenvalue weighted by atomic mass is 32.2. The number of methoxy groups -OCH3 is 1. The van der Waals surface area contributed by atoms with Gasteiger partial charge in [-0.3, -0.25) is 10.1 Å². The molecule has 30 heavy (non-hydrogen) atoms. The van der Waals surface area contributed by atoms with Crippen LogP contribution in [0.1, 0.15) is 36.0 Å². The minimum absolute atomic E-state index is 0.106. The molecule has 2 N–H and O–H groups in total. The maximum absolute atomic E-state index is 12.8. The number of nitrogens with one attached hydrogen (secondary N) is 2. The fourth-order valence-electron chi connectivity index (χ4n) is 3.31. The van der Waals surface area contributed by atoms with Crippen molar-refractivity contribution >= 4 is 38.9 Å². The molecule has 2 aromatic carbocycles. The molecular weight excluding hydrogens is 422 g/mol. The van der Waals surface area contributed by atoms with Crippen LogP contribution in [0.25, 0.3) is 0 Å². The van der Waals surface area contributed by atoms with Crippen LogP contribution in [0.15, 0.2) is 53.4 Å². The summed E-state index contributed by atoms with van der Waals surface area (Å²) in [6.07, 6.45) is 3.90. The van der Waals surface area contributed by atoms with E-state index in [1.165, 1.54) is 7.11 Å². The van der Waals surface area contributed by atoms with Gasteiger partial charge in [-0.2, -0.15) is 4.31 Å². The van der Waals surface area contributed by atoms with E-state index in [1.54, 1.807) is 52.8 Å². The Bertz CT molecular complexity index is 999. The third-order valence-electron chi connectivity index (χ3n) is 4.89. The van der Waals surface area contributed by atoms with Crippen molar-refractivity contribution in [2.75, 3.05) is 25.5 Å². The summed E-state index contributed by atoms with van der Waals surface area (Å²) in [6.45, 7) is 1.11. The summed E-state index contributed by atoms with van der Waals surface area (Å²) in [6, 6.07) is 13.2. The molecule has 1 saturated heterocycles. The van der Waals surface area contributed by atoms with E-state index >= 15 is 0 Å². The van der Waals surface area contributed by atoms with Crippen molar-refractivity contribution in [1.82, 2.24) is 9.62 Å². The second kappa shape index (κ2) is 10.0. The number of sulfonamides is 1. The zero-order valence-electron chi connectivity index (χ0n) is 16.8. The van der Waals surface area contributed by atoms with Crippen LogP contribution < -0.4 is 15.4 Å². The van der Waals surface area contributed by atoms with Crippen molar-refractivity contribution in [2.45, 2.75) is 30.6 Å². The maximum Gasteiger partial charge on any atom is 0.261 e. The molecule has 1 fully saturated rings. The average molecular weight is 448 g/mol. The molecule has 1 amide bonds. The third kappa shape index (κ3) is 5.35. The summed E-state index contributed by atoms with van der Waals surface area (Å²) in [5, 5.41) is 5.60. The minimum Gasteiger partial charge on any atom is -0.496 e. The number of rotatable bonds is 5.